The Bertz CT molecular complexity index is 1060. The number of benzene rings is 1. The Kier molecular flexibility index (Phi) is 6.23. The van der Waals surface area contributed by atoms with Crippen molar-refractivity contribution in [2.75, 3.05) is 14.2 Å². The third-order valence-electron chi connectivity index (χ3n) is 7.96. The van der Waals surface area contributed by atoms with E-state index in [0.717, 1.165) is 0 Å². The van der Waals surface area contributed by atoms with Gasteiger partial charge in [0.05, 0.1) is 11.7 Å². The SMILES string of the molecule is CO[C@@H]1O[C@]2(C[C@@H]2O)C2OC(C)(C)O[C@@H]21.CO[C@@H]1O[C@]2(C[C@@H]2OC(=O)c2ccccc2)C2OC(C)(C)O[C@@H]21. The van der Waals surface area contributed by atoms with E-state index in [1.807, 2.05) is 33.8 Å². The molecule has 0 radical (unpaired) electrons. The fourth-order valence-corrected chi connectivity index (χ4v) is 6.04. The molecule has 1 aromatic carbocycles. The lowest BCUT2D eigenvalue weighted by Gasteiger charge is -2.23. The van der Waals surface area contributed by atoms with E-state index >= 15 is 0 Å². The molecule has 0 aromatic heterocycles. The number of carbonyl (C=O) groups is 1. The van der Waals surface area contributed by atoms with Gasteiger partial charge >= 0.3 is 5.97 Å². The first kappa shape index (κ1) is 26.5. The maximum absolute atomic E-state index is 12.2. The standard InChI is InChI=1S/C17H20O6.C10H16O5/c1-16(2)21-12-13(22-16)17(23-15(12)19-3)9-11(17)20-14(18)10-7-5-4-6-8-10;1-9(2)13-6-7(14-9)10(4-5(10)11)15-8(6)12-3/h4-8,11-13,15H,9H2,1-3H3;5-8,11H,4H2,1-3H3/t11-,12-,13?,15+,17-;5-,6-,7?,8+,10-/m00/s1. The van der Waals surface area contributed by atoms with Crippen molar-refractivity contribution in [1.82, 2.24) is 0 Å². The van der Waals surface area contributed by atoms with Crippen LogP contribution in [0.3, 0.4) is 0 Å². The summed E-state index contributed by atoms with van der Waals surface area (Å²) in [6, 6.07) is 8.92. The van der Waals surface area contributed by atoms with E-state index < -0.39 is 41.5 Å². The van der Waals surface area contributed by atoms with Gasteiger partial charge in [0.15, 0.2) is 24.2 Å². The average molecular weight is 537 g/mol. The Balaban J connectivity index is 0.000000152. The minimum Gasteiger partial charge on any atom is -0.455 e. The first-order valence-electron chi connectivity index (χ1n) is 13.0. The Morgan fingerprint density at radius 1 is 0.789 bits per heavy atom. The Hall–Kier alpha value is -1.67. The topological polar surface area (TPSA) is 120 Å². The molecule has 0 amide bonds. The van der Waals surface area contributed by atoms with E-state index in [-0.39, 0.29) is 36.5 Å². The van der Waals surface area contributed by atoms with E-state index in [1.54, 1.807) is 38.5 Å². The van der Waals surface area contributed by atoms with Gasteiger partial charge in [0.2, 0.25) is 0 Å². The summed E-state index contributed by atoms with van der Waals surface area (Å²) in [5.74, 6) is -1.67. The molecule has 1 N–H and O–H groups in total. The monoisotopic (exact) mass is 536 g/mol. The maximum atomic E-state index is 12.2. The first-order chi connectivity index (χ1) is 17.9. The molecule has 11 heteroatoms. The third kappa shape index (κ3) is 4.29. The fraction of sp³-hybridized carbons (Fsp3) is 0.741. The van der Waals surface area contributed by atoms with Gasteiger partial charge in [-0.3, -0.25) is 0 Å². The second-order valence-electron chi connectivity index (χ2n) is 11.6. The van der Waals surface area contributed by atoms with Crippen molar-refractivity contribution in [3.63, 3.8) is 0 Å². The summed E-state index contributed by atoms with van der Waals surface area (Å²) in [6.45, 7) is 7.44. The number of esters is 1. The summed E-state index contributed by atoms with van der Waals surface area (Å²) in [5, 5.41) is 9.63. The number of aliphatic hydroxyl groups is 1. The summed E-state index contributed by atoms with van der Waals surface area (Å²) in [4.78, 5) is 12.2. The predicted octanol–water partition coefficient (Wildman–Crippen LogP) is 1.89. The minimum absolute atomic E-state index is 0.215. The van der Waals surface area contributed by atoms with E-state index in [0.29, 0.717) is 18.4 Å². The Morgan fingerprint density at radius 2 is 1.29 bits per heavy atom. The number of carbonyl (C=O) groups excluding carboxylic acids is 1. The van der Waals surface area contributed by atoms with Gasteiger partial charge < -0.3 is 47.7 Å². The van der Waals surface area contributed by atoms with Crippen LogP contribution in [0.1, 0.15) is 50.9 Å². The van der Waals surface area contributed by atoms with Crippen LogP contribution >= 0.6 is 0 Å². The van der Waals surface area contributed by atoms with Gasteiger partial charge in [0.25, 0.3) is 0 Å². The average Bonchev–Trinajstić information content (AvgIpc) is 3.52. The largest absolute Gasteiger partial charge is 0.455 e. The summed E-state index contributed by atoms with van der Waals surface area (Å²) in [6.07, 6.45) is -1.61. The van der Waals surface area contributed by atoms with Crippen molar-refractivity contribution in [1.29, 1.82) is 0 Å². The van der Waals surface area contributed by atoms with Crippen LogP contribution in [0.25, 0.3) is 0 Å². The van der Waals surface area contributed by atoms with Crippen molar-refractivity contribution >= 4 is 5.97 Å². The molecule has 210 valence electrons. The minimum atomic E-state index is -0.695. The van der Waals surface area contributed by atoms with Gasteiger partial charge in [0.1, 0.15) is 41.7 Å². The molecular weight excluding hydrogens is 500 g/mol. The van der Waals surface area contributed by atoms with Gasteiger partial charge in [-0.05, 0) is 39.8 Å². The second-order valence-corrected chi connectivity index (χ2v) is 11.6. The zero-order valence-corrected chi connectivity index (χ0v) is 22.4. The summed E-state index contributed by atoms with van der Waals surface area (Å²) in [5.41, 5.74) is -0.723. The predicted molar refractivity (Wildman–Crippen MR) is 128 cm³/mol. The van der Waals surface area contributed by atoms with Crippen molar-refractivity contribution in [2.24, 2.45) is 0 Å². The van der Waals surface area contributed by atoms with Gasteiger partial charge in [0, 0.05) is 27.1 Å². The van der Waals surface area contributed by atoms with E-state index in [4.69, 9.17) is 42.6 Å². The molecule has 2 unspecified atom stereocenters. The van der Waals surface area contributed by atoms with E-state index in [9.17, 15) is 9.90 Å². The number of methoxy groups -OCH3 is 2. The number of fused-ring (bicyclic) bond motifs is 4. The summed E-state index contributed by atoms with van der Waals surface area (Å²) in [7, 11) is 3.15. The van der Waals surface area contributed by atoms with Gasteiger partial charge in [-0.2, -0.15) is 0 Å². The molecule has 38 heavy (non-hydrogen) atoms. The number of hydrogen-bond acceptors (Lipinski definition) is 11. The van der Waals surface area contributed by atoms with Crippen LogP contribution in [-0.4, -0.2) is 97.3 Å². The number of rotatable bonds is 4. The van der Waals surface area contributed by atoms with Crippen LogP contribution in [-0.2, 0) is 42.6 Å². The van der Waals surface area contributed by atoms with Crippen molar-refractivity contribution < 1.29 is 52.5 Å². The van der Waals surface area contributed by atoms with Gasteiger partial charge in [-0.1, -0.05) is 18.2 Å². The highest BCUT2D eigenvalue weighted by molar-refractivity contribution is 5.89. The van der Waals surface area contributed by atoms with Crippen LogP contribution in [0, 0.1) is 0 Å². The van der Waals surface area contributed by atoms with Crippen molar-refractivity contribution in [2.45, 2.75) is 113 Å². The molecule has 2 saturated carbocycles. The van der Waals surface area contributed by atoms with E-state index in [1.165, 1.54) is 0 Å². The zero-order valence-electron chi connectivity index (χ0n) is 22.4. The molecule has 7 rings (SSSR count). The molecule has 2 spiro atoms. The van der Waals surface area contributed by atoms with Crippen LogP contribution in [0.2, 0.25) is 0 Å². The third-order valence-corrected chi connectivity index (χ3v) is 7.96. The molecule has 4 heterocycles. The molecule has 4 saturated heterocycles. The highest BCUT2D eigenvalue weighted by Crippen LogP contribution is 2.58. The number of aliphatic hydroxyl groups excluding tert-OH is 1. The van der Waals surface area contributed by atoms with E-state index in [2.05, 4.69) is 0 Å². The smallest absolute Gasteiger partial charge is 0.338 e. The molecule has 2 aliphatic carbocycles. The lowest BCUT2D eigenvalue weighted by molar-refractivity contribution is -0.236. The second kappa shape index (κ2) is 8.92. The first-order valence-corrected chi connectivity index (χ1v) is 13.0. The highest BCUT2D eigenvalue weighted by Gasteiger charge is 2.76. The van der Waals surface area contributed by atoms with Crippen LogP contribution < -0.4 is 0 Å². The van der Waals surface area contributed by atoms with Gasteiger partial charge in [-0.25, -0.2) is 4.79 Å². The van der Waals surface area contributed by atoms with Crippen LogP contribution in [0.5, 0.6) is 0 Å². The van der Waals surface area contributed by atoms with Crippen LogP contribution in [0.4, 0.5) is 0 Å². The molecule has 1 aromatic rings. The molecule has 6 fully saturated rings. The number of hydrogen-bond donors (Lipinski definition) is 1. The van der Waals surface area contributed by atoms with Gasteiger partial charge in [-0.15, -0.1) is 0 Å². The molecule has 11 nitrogen and oxygen atoms in total. The zero-order chi connectivity index (χ0) is 27.1. The lowest BCUT2D eigenvalue weighted by atomic mass is 10.1. The van der Waals surface area contributed by atoms with Crippen molar-refractivity contribution in [3.05, 3.63) is 35.9 Å². The summed E-state index contributed by atoms with van der Waals surface area (Å²) < 4.78 is 51.1. The maximum Gasteiger partial charge on any atom is 0.338 e. The highest BCUT2D eigenvalue weighted by atomic mass is 16.8. The molecule has 0 bridgehead atoms. The quantitative estimate of drug-likeness (QED) is 0.568. The summed E-state index contributed by atoms with van der Waals surface area (Å²) >= 11 is 0. The molecule has 4 aliphatic heterocycles. The normalized spacial score (nSPS) is 46.4. The Labute approximate surface area is 221 Å². The number of ether oxygens (including phenoxy) is 9. The molecule has 6 aliphatic rings. The molecular formula is C27H36O11. The van der Waals surface area contributed by atoms with Crippen LogP contribution in [0.15, 0.2) is 30.3 Å². The lowest BCUT2D eigenvalue weighted by Crippen LogP contribution is -2.35. The van der Waals surface area contributed by atoms with Crippen molar-refractivity contribution in [3.8, 4) is 0 Å². The fourth-order valence-electron chi connectivity index (χ4n) is 6.04. The molecule has 10 atom stereocenters. The Morgan fingerprint density at radius 3 is 1.79 bits per heavy atom.